The van der Waals surface area contributed by atoms with Gasteiger partial charge in [-0.25, -0.2) is 0 Å². The maximum Gasteiger partial charge on any atom is 0.255 e. The van der Waals surface area contributed by atoms with E-state index >= 15 is 0 Å². The molecule has 0 radical (unpaired) electrons. The highest BCUT2D eigenvalue weighted by atomic mass is 16.3. The molecule has 0 unspecified atom stereocenters. The van der Waals surface area contributed by atoms with Gasteiger partial charge in [0.25, 0.3) is 5.91 Å². The molecule has 0 aliphatic carbocycles. The third kappa shape index (κ3) is 18.7. The summed E-state index contributed by atoms with van der Waals surface area (Å²) in [6, 6.07) is 5.56. The topological polar surface area (TPSA) is 108 Å². The third-order valence-electron chi connectivity index (χ3n) is 5.76. The zero-order valence-corrected chi connectivity index (χ0v) is 24.6. The van der Waals surface area contributed by atoms with Crippen molar-refractivity contribution in [3.8, 4) is 5.75 Å². The van der Waals surface area contributed by atoms with Crippen LogP contribution in [0.1, 0.15) is 75.6 Å². The Kier molecular flexibility index (Phi) is 20.2. The largest absolute Gasteiger partial charge is 0.507 e. The monoisotopic (exact) mass is 561 g/mol. The number of rotatable bonds is 20. The average molecular weight is 562 g/mol. The van der Waals surface area contributed by atoms with Crippen LogP contribution in [0, 0.1) is 0 Å². The summed E-state index contributed by atoms with van der Waals surface area (Å²) in [4.78, 5) is 36.3. The van der Waals surface area contributed by atoms with Gasteiger partial charge in [-0.05, 0) is 64.0 Å². The molecule has 41 heavy (non-hydrogen) atoms. The zero-order valence-electron chi connectivity index (χ0n) is 24.6. The molecule has 4 N–H and O–H groups in total. The van der Waals surface area contributed by atoms with E-state index in [2.05, 4.69) is 83.6 Å². The van der Waals surface area contributed by atoms with Gasteiger partial charge >= 0.3 is 0 Å². The molecule has 1 aromatic carbocycles. The smallest absolute Gasteiger partial charge is 0.255 e. The van der Waals surface area contributed by atoms with Crippen LogP contribution in [0.2, 0.25) is 0 Å². The summed E-state index contributed by atoms with van der Waals surface area (Å²) in [5, 5.41) is 17.7. The fourth-order valence-corrected chi connectivity index (χ4v) is 3.51. The molecule has 222 valence electrons. The Morgan fingerprint density at radius 2 is 1.22 bits per heavy atom. The van der Waals surface area contributed by atoms with E-state index in [9.17, 15) is 19.5 Å². The number of nitrogens with one attached hydrogen (secondary N) is 3. The van der Waals surface area contributed by atoms with Crippen LogP contribution >= 0.6 is 0 Å². The van der Waals surface area contributed by atoms with Crippen molar-refractivity contribution in [1.82, 2.24) is 16.0 Å². The van der Waals surface area contributed by atoms with Crippen LogP contribution < -0.4 is 16.0 Å². The minimum Gasteiger partial charge on any atom is -0.507 e. The molecule has 3 amide bonds. The SMILES string of the molecule is CCC=CCC=CCC=CCC=CCC=CCC=CCCC(=O)N[C@@H](C)C(=O)NCCNC(=O)c1ccccc1O. The molecule has 0 saturated carbocycles. The van der Waals surface area contributed by atoms with Crippen LogP contribution in [-0.2, 0) is 9.59 Å². The van der Waals surface area contributed by atoms with Gasteiger partial charge in [0.2, 0.25) is 11.8 Å². The van der Waals surface area contributed by atoms with Crippen LogP contribution in [0.25, 0.3) is 0 Å². The molecule has 0 spiro atoms. The second-order valence-corrected chi connectivity index (χ2v) is 9.31. The highest BCUT2D eigenvalue weighted by Gasteiger charge is 2.15. The van der Waals surface area contributed by atoms with Gasteiger partial charge in [0.05, 0.1) is 5.56 Å². The number of carbonyl (C=O) groups is 3. The molecule has 7 heteroatoms. The van der Waals surface area contributed by atoms with Crippen molar-refractivity contribution in [2.45, 2.75) is 71.3 Å². The summed E-state index contributed by atoms with van der Waals surface area (Å²) >= 11 is 0. The number of carbonyl (C=O) groups excluding carboxylic acids is 3. The minimum atomic E-state index is -0.679. The molecule has 0 saturated heterocycles. The number of hydrogen-bond donors (Lipinski definition) is 4. The van der Waals surface area contributed by atoms with Gasteiger partial charge in [0.15, 0.2) is 0 Å². The second-order valence-electron chi connectivity index (χ2n) is 9.31. The normalized spacial score (nSPS) is 12.8. The van der Waals surface area contributed by atoms with E-state index < -0.39 is 11.9 Å². The molecule has 1 atom stereocenters. The summed E-state index contributed by atoms with van der Waals surface area (Å²) in [6.45, 7) is 4.16. The summed E-state index contributed by atoms with van der Waals surface area (Å²) in [5.74, 6) is -1.05. The van der Waals surface area contributed by atoms with Gasteiger partial charge in [0, 0.05) is 19.5 Å². The second kappa shape index (κ2) is 23.7. The average Bonchev–Trinajstić information content (AvgIpc) is 2.96. The van der Waals surface area contributed by atoms with Crippen molar-refractivity contribution in [3.05, 3.63) is 103 Å². The highest BCUT2D eigenvalue weighted by molar-refractivity contribution is 5.96. The summed E-state index contributed by atoms with van der Waals surface area (Å²) in [5.41, 5.74) is 0.173. The van der Waals surface area contributed by atoms with Gasteiger partial charge < -0.3 is 21.1 Å². The Labute approximate surface area is 245 Å². The van der Waals surface area contributed by atoms with E-state index in [0.717, 1.165) is 38.5 Å². The lowest BCUT2D eigenvalue weighted by Crippen LogP contribution is -2.46. The fraction of sp³-hybridized carbons (Fsp3) is 0.382. The first-order valence-electron chi connectivity index (χ1n) is 14.5. The standard InChI is InChI=1S/C34H47N3O4/c1-3-4-5-6-7-8-9-10-11-12-13-14-15-16-17-18-19-20-21-26-32(39)37-29(2)33(40)35-27-28-36-34(41)30-24-22-23-25-31(30)38/h4-5,7-8,10-11,13-14,16-17,19-20,22-25,29,38H,3,6,9,12,15,18,21,26-28H2,1-2H3,(H,35,40)(H,36,41)(H,37,39)/t29-/m0/s1. The Morgan fingerprint density at radius 3 is 1.76 bits per heavy atom. The predicted octanol–water partition coefficient (Wildman–Crippen LogP) is 6.22. The first kappa shape index (κ1) is 34.9. The molecule has 7 nitrogen and oxygen atoms in total. The zero-order chi connectivity index (χ0) is 30.0. The van der Waals surface area contributed by atoms with Gasteiger partial charge in [-0.15, -0.1) is 0 Å². The number of benzene rings is 1. The molecule has 0 heterocycles. The van der Waals surface area contributed by atoms with E-state index in [1.807, 2.05) is 12.2 Å². The first-order chi connectivity index (χ1) is 20.0. The molecular weight excluding hydrogens is 514 g/mol. The van der Waals surface area contributed by atoms with E-state index in [-0.39, 0.29) is 36.2 Å². The van der Waals surface area contributed by atoms with Crippen LogP contribution in [0.4, 0.5) is 0 Å². The van der Waals surface area contributed by atoms with Crippen molar-refractivity contribution in [2.24, 2.45) is 0 Å². The quantitative estimate of drug-likeness (QED) is 0.112. The lowest BCUT2D eigenvalue weighted by molar-refractivity contribution is -0.128. The van der Waals surface area contributed by atoms with Crippen molar-refractivity contribution in [1.29, 1.82) is 0 Å². The summed E-state index contributed by atoms with van der Waals surface area (Å²) < 4.78 is 0. The van der Waals surface area contributed by atoms with Crippen LogP contribution in [0.3, 0.4) is 0 Å². The fourth-order valence-electron chi connectivity index (χ4n) is 3.51. The van der Waals surface area contributed by atoms with E-state index in [1.165, 1.54) is 12.1 Å². The molecular formula is C34H47N3O4. The van der Waals surface area contributed by atoms with Gasteiger partial charge in [-0.2, -0.15) is 0 Å². The first-order valence-corrected chi connectivity index (χ1v) is 14.5. The Bertz CT molecular complexity index is 1080. The third-order valence-corrected chi connectivity index (χ3v) is 5.76. The summed E-state index contributed by atoms with van der Waals surface area (Å²) in [7, 11) is 0. The number of allylic oxidation sites excluding steroid dienone is 12. The molecule has 0 aliphatic heterocycles. The van der Waals surface area contributed by atoms with Crippen LogP contribution in [0.15, 0.2) is 97.2 Å². The molecule has 0 aromatic heterocycles. The van der Waals surface area contributed by atoms with E-state index in [0.29, 0.717) is 12.8 Å². The molecule has 1 rings (SSSR count). The van der Waals surface area contributed by atoms with Crippen molar-refractivity contribution < 1.29 is 19.5 Å². The number of phenols is 1. The van der Waals surface area contributed by atoms with Crippen molar-refractivity contribution >= 4 is 17.7 Å². The van der Waals surface area contributed by atoms with Crippen molar-refractivity contribution in [2.75, 3.05) is 13.1 Å². The minimum absolute atomic E-state index is 0.102. The lowest BCUT2D eigenvalue weighted by Gasteiger charge is -2.14. The number of para-hydroxylation sites is 1. The van der Waals surface area contributed by atoms with Crippen LogP contribution in [-0.4, -0.2) is 42.0 Å². The van der Waals surface area contributed by atoms with E-state index in [1.54, 1.807) is 19.1 Å². The van der Waals surface area contributed by atoms with Gasteiger partial charge in [0.1, 0.15) is 11.8 Å². The molecule has 0 fully saturated rings. The predicted molar refractivity (Wildman–Crippen MR) is 169 cm³/mol. The number of phenolic OH excluding ortho intramolecular Hbond substituents is 1. The maximum atomic E-state index is 12.2. The Morgan fingerprint density at radius 1 is 0.732 bits per heavy atom. The highest BCUT2D eigenvalue weighted by Crippen LogP contribution is 2.14. The maximum absolute atomic E-state index is 12.2. The summed E-state index contributed by atoms with van der Waals surface area (Å²) in [6.07, 6.45) is 32.3. The Balaban J connectivity index is 2.07. The van der Waals surface area contributed by atoms with Crippen LogP contribution in [0.5, 0.6) is 5.75 Å². The van der Waals surface area contributed by atoms with Gasteiger partial charge in [-0.3, -0.25) is 14.4 Å². The number of amides is 3. The van der Waals surface area contributed by atoms with E-state index in [4.69, 9.17) is 0 Å². The molecule has 0 bridgehead atoms. The molecule has 1 aromatic rings. The van der Waals surface area contributed by atoms with Gasteiger partial charge in [-0.1, -0.05) is 92.0 Å². The lowest BCUT2D eigenvalue weighted by atomic mass is 10.2. The number of aromatic hydroxyl groups is 1. The Hall–Kier alpha value is -4.13. The molecule has 0 aliphatic rings. The van der Waals surface area contributed by atoms with Crippen molar-refractivity contribution in [3.63, 3.8) is 0 Å². The number of hydrogen-bond acceptors (Lipinski definition) is 4.